The van der Waals surface area contributed by atoms with Gasteiger partial charge in [0.25, 0.3) is 0 Å². The van der Waals surface area contributed by atoms with E-state index in [1.54, 1.807) is 0 Å². The van der Waals surface area contributed by atoms with Crippen molar-refractivity contribution in [2.45, 2.75) is 32.2 Å². The average Bonchev–Trinajstić information content (AvgIpc) is 3.14. The second-order valence-corrected chi connectivity index (χ2v) is 5.30. The van der Waals surface area contributed by atoms with E-state index in [9.17, 15) is 0 Å². The van der Waals surface area contributed by atoms with Gasteiger partial charge in [0.15, 0.2) is 0 Å². The van der Waals surface area contributed by atoms with Gasteiger partial charge in [0.1, 0.15) is 0 Å². The summed E-state index contributed by atoms with van der Waals surface area (Å²) in [5, 5.41) is 2.68. The van der Waals surface area contributed by atoms with E-state index in [0.29, 0.717) is 0 Å². The van der Waals surface area contributed by atoms with E-state index < -0.39 is 0 Å². The van der Waals surface area contributed by atoms with Gasteiger partial charge in [-0.15, -0.1) is 12.4 Å². The molecule has 96 valence electrons. The lowest BCUT2D eigenvalue weighted by atomic mass is 9.94. The van der Waals surface area contributed by atoms with Gasteiger partial charge >= 0.3 is 0 Å². The third-order valence-corrected chi connectivity index (χ3v) is 3.86. The van der Waals surface area contributed by atoms with Crippen LogP contribution in [-0.2, 0) is 0 Å². The second kappa shape index (κ2) is 5.29. The van der Waals surface area contributed by atoms with Gasteiger partial charge in [-0.3, -0.25) is 0 Å². The molecular weight excluding hydrogens is 242 g/mol. The molecule has 1 aliphatic rings. The van der Waals surface area contributed by atoms with Crippen LogP contribution >= 0.6 is 12.4 Å². The first-order valence-electron chi connectivity index (χ1n) is 6.49. The van der Waals surface area contributed by atoms with Gasteiger partial charge in [0.05, 0.1) is 0 Å². The highest BCUT2D eigenvalue weighted by molar-refractivity contribution is 5.88. The first kappa shape index (κ1) is 13.4. The molecule has 0 spiro atoms. The van der Waals surface area contributed by atoms with Crippen molar-refractivity contribution >= 4 is 23.2 Å². The van der Waals surface area contributed by atoms with Gasteiger partial charge in [-0.05, 0) is 41.2 Å². The Morgan fingerprint density at radius 1 is 1.11 bits per heavy atom. The predicted octanol–water partition coefficient (Wildman–Crippen LogP) is 4.37. The molecule has 3 rings (SSSR count). The molecule has 2 N–H and O–H groups in total. The Labute approximate surface area is 115 Å². The summed E-state index contributed by atoms with van der Waals surface area (Å²) in [6, 6.07) is 13.2. The molecule has 18 heavy (non-hydrogen) atoms. The summed E-state index contributed by atoms with van der Waals surface area (Å²) in [5.41, 5.74) is 9.01. The maximum Gasteiger partial charge on any atom is 0.0303 e. The fourth-order valence-electron chi connectivity index (χ4n) is 2.64. The lowest BCUT2D eigenvalue weighted by Crippen LogP contribution is -2.11. The highest BCUT2D eigenvalue weighted by Gasteiger charge is 2.25. The highest BCUT2D eigenvalue weighted by atomic mass is 35.5. The van der Waals surface area contributed by atoms with Crippen molar-refractivity contribution in [2.75, 3.05) is 0 Å². The van der Waals surface area contributed by atoms with Crippen molar-refractivity contribution in [3.8, 4) is 0 Å². The summed E-state index contributed by atoms with van der Waals surface area (Å²) in [4.78, 5) is 0. The van der Waals surface area contributed by atoms with E-state index in [4.69, 9.17) is 5.73 Å². The van der Waals surface area contributed by atoms with Crippen LogP contribution in [0.2, 0.25) is 0 Å². The van der Waals surface area contributed by atoms with Crippen LogP contribution in [0.5, 0.6) is 0 Å². The summed E-state index contributed by atoms with van der Waals surface area (Å²) in [7, 11) is 0. The summed E-state index contributed by atoms with van der Waals surface area (Å²) < 4.78 is 0. The van der Waals surface area contributed by atoms with E-state index in [1.165, 1.54) is 34.7 Å². The Morgan fingerprint density at radius 3 is 2.44 bits per heavy atom. The Hall–Kier alpha value is -1.05. The van der Waals surface area contributed by atoms with E-state index in [-0.39, 0.29) is 18.4 Å². The Bertz CT molecular complexity index is 546. The molecule has 0 aliphatic heterocycles. The number of nitrogens with two attached hydrogens (primary N) is 1. The van der Waals surface area contributed by atoms with Gasteiger partial charge < -0.3 is 5.73 Å². The largest absolute Gasteiger partial charge is 0.324 e. The van der Waals surface area contributed by atoms with Crippen molar-refractivity contribution < 1.29 is 0 Å². The molecule has 0 bridgehead atoms. The molecule has 0 amide bonds. The standard InChI is InChI=1S/C16H19N.ClH/c1-11-6-9-15(16(17)10-12-7-8-12)14-5-3-2-4-13(11)14;/h2-6,9,12,16H,7-8,10,17H2,1H3;1H/t16-;/m1./s1. The zero-order valence-electron chi connectivity index (χ0n) is 10.7. The second-order valence-electron chi connectivity index (χ2n) is 5.30. The third kappa shape index (κ3) is 2.52. The van der Waals surface area contributed by atoms with Crippen LogP contribution in [0.15, 0.2) is 36.4 Å². The third-order valence-electron chi connectivity index (χ3n) is 3.86. The minimum atomic E-state index is 0. The molecule has 2 heteroatoms. The van der Waals surface area contributed by atoms with E-state index in [0.717, 1.165) is 12.3 Å². The van der Waals surface area contributed by atoms with Crippen molar-refractivity contribution in [2.24, 2.45) is 11.7 Å². The predicted molar refractivity (Wildman–Crippen MR) is 80.2 cm³/mol. The summed E-state index contributed by atoms with van der Waals surface area (Å²) >= 11 is 0. The van der Waals surface area contributed by atoms with Crippen LogP contribution in [0.4, 0.5) is 0 Å². The highest BCUT2D eigenvalue weighted by Crippen LogP contribution is 2.38. The van der Waals surface area contributed by atoms with Gasteiger partial charge in [-0.25, -0.2) is 0 Å². The molecule has 1 aliphatic carbocycles. The molecule has 1 saturated carbocycles. The summed E-state index contributed by atoms with van der Waals surface area (Å²) in [6.07, 6.45) is 3.89. The number of hydrogen-bond donors (Lipinski definition) is 1. The smallest absolute Gasteiger partial charge is 0.0303 e. The zero-order chi connectivity index (χ0) is 11.8. The molecule has 2 aromatic carbocycles. The average molecular weight is 262 g/mol. The quantitative estimate of drug-likeness (QED) is 0.872. The fourth-order valence-corrected chi connectivity index (χ4v) is 2.64. The molecule has 0 heterocycles. The molecule has 2 aromatic rings. The minimum absolute atomic E-state index is 0. The van der Waals surface area contributed by atoms with E-state index >= 15 is 0 Å². The SMILES string of the molecule is Cc1ccc([C@H](N)CC2CC2)c2ccccc12.Cl. The molecule has 1 nitrogen and oxygen atoms in total. The van der Waals surface area contributed by atoms with Crippen LogP contribution in [0, 0.1) is 12.8 Å². The van der Waals surface area contributed by atoms with Crippen molar-refractivity contribution in [3.63, 3.8) is 0 Å². The lowest BCUT2D eigenvalue weighted by molar-refractivity contribution is 0.600. The van der Waals surface area contributed by atoms with Gasteiger partial charge in [0, 0.05) is 6.04 Å². The van der Waals surface area contributed by atoms with Crippen molar-refractivity contribution in [1.29, 1.82) is 0 Å². The van der Waals surface area contributed by atoms with Crippen LogP contribution < -0.4 is 5.73 Å². The lowest BCUT2D eigenvalue weighted by Gasteiger charge is -2.15. The Kier molecular flexibility index (Phi) is 3.94. The van der Waals surface area contributed by atoms with Crippen LogP contribution in [-0.4, -0.2) is 0 Å². The van der Waals surface area contributed by atoms with Crippen molar-refractivity contribution in [1.82, 2.24) is 0 Å². The van der Waals surface area contributed by atoms with Crippen LogP contribution in [0.1, 0.15) is 36.4 Å². The number of fused-ring (bicyclic) bond motifs is 1. The molecule has 1 fully saturated rings. The Balaban J connectivity index is 0.00000120. The van der Waals surface area contributed by atoms with E-state index in [1.807, 2.05) is 0 Å². The maximum absolute atomic E-state index is 6.35. The van der Waals surface area contributed by atoms with E-state index in [2.05, 4.69) is 43.3 Å². The first-order chi connectivity index (χ1) is 8.25. The zero-order valence-corrected chi connectivity index (χ0v) is 11.5. The summed E-state index contributed by atoms with van der Waals surface area (Å²) in [5.74, 6) is 0.880. The minimum Gasteiger partial charge on any atom is -0.324 e. The number of rotatable bonds is 3. The normalized spacial score (nSPS) is 16.3. The molecule has 0 aromatic heterocycles. The number of benzene rings is 2. The number of halogens is 1. The molecule has 0 saturated heterocycles. The topological polar surface area (TPSA) is 26.0 Å². The van der Waals surface area contributed by atoms with Gasteiger partial charge in [0.2, 0.25) is 0 Å². The fraction of sp³-hybridized carbons (Fsp3) is 0.375. The number of hydrogen-bond acceptors (Lipinski definition) is 1. The number of aryl methyl sites for hydroxylation is 1. The van der Waals surface area contributed by atoms with Gasteiger partial charge in [-0.1, -0.05) is 49.2 Å². The molecule has 0 unspecified atom stereocenters. The first-order valence-corrected chi connectivity index (χ1v) is 6.49. The van der Waals surface area contributed by atoms with Gasteiger partial charge in [-0.2, -0.15) is 0 Å². The van der Waals surface area contributed by atoms with Crippen LogP contribution in [0.25, 0.3) is 10.8 Å². The maximum atomic E-state index is 6.35. The molecule has 1 atom stereocenters. The Morgan fingerprint density at radius 2 is 1.78 bits per heavy atom. The van der Waals surface area contributed by atoms with Crippen molar-refractivity contribution in [3.05, 3.63) is 47.5 Å². The van der Waals surface area contributed by atoms with Crippen LogP contribution in [0.3, 0.4) is 0 Å². The summed E-state index contributed by atoms with van der Waals surface area (Å²) in [6.45, 7) is 2.17. The molecular formula is C16H20ClN. The monoisotopic (exact) mass is 261 g/mol. The molecule has 0 radical (unpaired) electrons.